The lowest BCUT2D eigenvalue weighted by molar-refractivity contribution is -0.139. The van der Waals surface area contributed by atoms with Crippen molar-refractivity contribution >= 4 is 38.6 Å². The van der Waals surface area contributed by atoms with Crippen LogP contribution in [-0.2, 0) is 16.2 Å². The van der Waals surface area contributed by atoms with Crippen molar-refractivity contribution in [1.82, 2.24) is 4.90 Å². The van der Waals surface area contributed by atoms with E-state index in [0.29, 0.717) is 30.6 Å². The molecule has 0 aliphatic carbocycles. The molecule has 1 N–H and O–H groups in total. The predicted molar refractivity (Wildman–Crippen MR) is 124 cm³/mol. The number of hydrogen-bond donors (Lipinski definition) is 1. The van der Waals surface area contributed by atoms with E-state index in [2.05, 4.69) is 4.72 Å². The van der Waals surface area contributed by atoms with Crippen molar-refractivity contribution in [2.75, 3.05) is 24.9 Å². The molecule has 5 nitrogen and oxygen atoms in total. The summed E-state index contributed by atoms with van der Waals surface area (Å²) in [6, 6.07) is 9.57. The van der Waals surface area contributed by atoms with Gasteiger partial charge in [0.15, 0.2) is 0 Å². The monoisotopic (exact) mass is 534 g/mol. The number of anilines is 1. The Morgan fingerprint density at radius 3 is 2.47 bits per heavy atom. The number of thiophene rings is 1. The first-order valence-electron chi connectivity index (χ1n) is 10.1. The van der Waals surface area contributed by atoms with Gasteiger partial charge >= 0.3 is 6.18 Å². The number of nitrogens with zero attached hydrogens (tertiary/aromatic N) is 1. The molecule has 4 rings (SSSR count). The first-order chi connectivity index (χ1) is 15.9. The normalized spacial score (nSPS) is 17.2. The molecule has 0 saturated carbocycles. The molecule has 1 aliphatic heterocycles. The summed E-state index contributed by atoms with van der Waals surface area (Å²) < 4.78 is 87.5. The van der Waals surface area contributed by atoms with Crippen LogP contribution < -0.4 is 9.46 Å². The van der Waals surface area contributed by atoms with Gasteiger partial charge in [0.2, 0.25) is 0 Å². The molecule has 1 fully saturated rings. The van der Waals surface area contributed by atoms with E-state index in [0.717, 1.165) is 29.5 Å². The number of ether oxygens (including phenoxy) is 1. The van der Waals surface area contributed by atoms with Gasteiger partial charge in [-0.05, 0) is 49.4 Å². The van der Waals surface area contributed by atoms with Crippen molar-refractivity contribution in [3.05, 3.63) is 64.2 Å². The van der Waals surface area contributed by atoms with E-state index in [1.807, 2.05) is 11.9 Å². The Bertz CT molecular complexity index is 1290. The SMILES string of the molecule is CN1CC[C@@H](Oc2cc(NS(=O)(=O)c3cc(-c4ccc(F)cc4)c(Cl)s3)ccc2C(F)(F)F)C1. The molecule has 2 heterocycles. The third kappa shape index (κ3) is 5.48. The van der Waals surface area contributed by atoms with Gasteiger partial charge in [0.25, 0.3) is 10.0 Å². The van der Waals surface area contributed by atoms with E-state index in [1.165, 1.54) is 30.3 Å². The molecule has 3 aromatic rings. The zero-order valence-corrected chi connectivity index (χ0v) is 20.1. The molecule has 0 amide bonds. The minimum atomic E-state index is -4.66. The van der Waals surface area contributed by atoms with Crippen molar-refractivity contribution in [2.24, 2.45) is 0 Å². The van der Waals surface area contributed by atoms with Crippen LogP contribution in [0.3, 0.4) is 0 Å². The summed E-state index contributed by atoms with van der Waals surface area (Å²) in [7, 11) is -2.33. The predicted octanol–water partition coefficient (Wildman–Crippen LogP) is 6.11. The van der Waals surface area contributed by atoms with E-state index in [1.54, 1.807) is 0 Å². The fourth-order valence-electron chi connectivity index (χ4n) is 3.60. The minimum Gasteiger partial charge on any atom is -0.488 e. The van der Waals surface area contributed by atoms with Crippen molar-refractivity contribution in [3.8, 4) is 16.9 Å². The molecule has 0 spiro atoms. The fourth-order valence-corrected chi connectivity index (χ4v) is 6.41. The number of likely N-dealkylation sites (tertiary alicyclic amines) is 1. The average Bonchev–Trinajstić information content (AvgIpc) is 3.33. The van der Waals surface area contributed by atoms with Crippen LogP contribution in [-0.4, -0.2) is 39.6 Å². The number of alkyl halides is 3. The van der Waals surface area contributed by atoms with Crippen molar-refractivity contribution in [1.29, 1.82) is 0 Å². The van der Waals surface area contributed by atoms with Crippen LogP contribution in [0.1, 0.15) is 12.0 Å². The second-order valence-electron chi connectivity index (χ2n) is 7.86. The summed E-state index contributed by atoms with van der Waals surface area (Å²) in [4.78, 5) is 1.93. The van der Waals surface area contributed by atoms with Crippen molar-refractivity contribution < 1.29 is 30.7 Å². The average molecular weight is 535 g/mol. The van der Waals surface area contributed by atoms with Gasteiger partial charge in [-0.25, -0.2) is 12.8 Å². The van der Waals surface area contributed by atoms with Gasteiger partial charge in [-0.1, -0.05) is 23.7 Å². The molecule has 0 radical (unpaired) electrons. The zero-order valence-electron chi connectivity index (χ0n) is 17.7. The van der Waals surface area contributed by atoms with Crippen LogP contribution in [0.15, 0.2) is 52.7 Å². The molecule has 1 aliphatic rings. The lowest BCUT2D eigenvalue weighted by Gasteiger charge is -2.19. The van der Waals surface area contributed by atoms with Gasteiger partial charge in [0.1, 0.15) is 26.2 Å². The Labute approximate surface area is 203 Å². The van der Waals surface area contributed by atoms with Crippen molar-refractivity contribution in [2.45, 2.75) is 22.9 Å². The van der Waals surface area contributed by atoms with Gasteiger partial charge < -0.3 is 9.64 Å². The van der Waals surface area contributed by atoms with Crippen LogP contribution in [0.4, 0.5) is 23.2 Å². The molecule has 1 saturated heterocycles. The lowest BCUT2D eigenvalue weighted by atomic mass is 10.1. The standard InChI is InChI=1S/C22H19ClF4N2O3S2/c1-29-9-8-16(12-29)32-19-10-15(6-7-18(19)22(25,26)27)28-34(30,31)20-11-17(21(23)33-20)13-2-4-14(24)5-3-13/h2-7,10-11,16,28H,8-9,12H2,1H3/t16-/m1/s1. The number of hydrogen-bond acceptors (Lipinski definition) is 5. The minimum absolute atomic E-state index is 0.0813. The topological polar surface area (TPSA) is 58.6 Å². The number of nitrogens with one attached hydrogen (secondary N) is 1. The van der Waals surface area contributed by atoms with E-state index in [-0.39, 0.29) is 14.2 Å². The highest BCUT2D eigenvalue weighted by atomic mass is 35.5. The Morgan fingerprint density at radius 2 is 1.85 bits per heavy atom. The second-order valence-corrected chi connectivity index (χ2v) is 11.4. The van der Waals surface area contributed by atoms with E-state index >= 15 is 0 Å². The number of rotatable bonds is 6. The molecular weight excluding hydrogens is 516 g/mol. The number of halogens is 5. The molecule has 2 aromatic carbocycles. The largest absolute Gasteiger partial charge is 0.488 e. The highest BCUT2D eigenvalue weighted by molar-refractivity contribution is 7.94. The number of benzene rings is 2. The summed E-state index contributed by atoms with van der Waals surface area (Å²) in [5.74, 6) is -0.890. The van der Waals surface area contributed by atoms with Crippen molar-refractivity contribution in [3.63, 3.8) is 0 Å². The fraction of sp³-hybridized carbons (Fsp3) is 0.273. The summed E-state index contributed by atoms with van der Waals surface area (Å²) in [5.41, 5.74) is -0.144. The Kier molecular flexibility index (Phi) is 6.83. The maximum Gasteiger partial charge on any atom is 0.419 e. The van der Waals surface area contributed by atoms with E-state index in [4.69, 9.17) is 16.3 Å². The molecule has 0 bridgehead atoms. The molecule has 34 heavy (non-hydrogen) atoms. The third-order valence-electron chi connectivity index (χ3n) is 5.27. The molecule has 0 unspecified atom stereocenters. The van der Waals surface area contributed by atoms with Crippen LogP contribution in [0.5, 0.6) is 5.75 Å². The molecule has 12 heteroatoms. The van der Waals surface area contributed by atoms with Gasteiger partial charge in [-0.3, -0.25) is 4.72 Å². The van der Waals surface area contributed by atoms with Gasteiger partial charge in [-0.2, -0.15) is 13.2 Å². The molecule has 1 atom stereocenters. The number of likely N-dealkylation sites (N-methyl/N-ethyl adjacent to an activating group) is 1. The van der Waals surface area contributed by atoms with Crippen LogP contribution in [0.2, 0.25) is 4.34 Å². The first-order valence-corrected chi connectivity index (χ1v) is 12.7. The highest BCUT2D eigenvalue weighted by Crippen LogP contribution is 2.41. The zero-order chi connectivity index (χ0) is 24.7. The van der Waals surface area contributed by atoms with Crippen LogP contribution in [0, 0.1) is 5.82 Å². The molecule has 182 valence electrons. The highest BCUT2D eigenvalue weighted by Gasteiger charge is 2.36. The Hall–Kier alpha value is -2.34. The smallest absolute Gasteiger partial charge is 0.419 e. The Balaban J connectivity index is 1.62. The van der Waals surface area contributed by atoms with Gasteiger partial charge in [0.05, 0.1) is 11.3 Å². The lowest BCUT2D eigenvalue weighted by Crippen LogP contribution is -2.23. The number of sulfonamides is 1. The van der Waals surface area contributed by atoms with Crippen LogP contribution >= 0.6 is 22.9 Å². The maximum absolute atomic E-state index is 13.5. The molecular formula is C22H19ClF4N2O3S2. The van der Waals surface area contributed by atoms with Gasteiger partial charge in [0, 0.05) is 24.7 Å². The molecule has 1 aromatic heterocycles. The van der Waals surface area contributed by atoms with Crippen LogP contribution in [0.25, 0.3) is 11.1 Å². The summed E-state index contributed by atoms with van der Waals surface area (Å²) in [6.45, 7) is 1.15. The summed E-state index contributed by atoms with van der Waals surface area (Å²) in [5, 5.41) is 0. The summed E-state index contributed by atoms with van der Waals surface area (Å²) in [6.07, 6.45) is -4.54. The van der Waals surface area contributed by atoms with E-state index in [9.17, 15) is 26.0 Å². The second kappa shape index (κ2) is 9.37. The summed E-state index contributed by atoms with van der Waals surface area (Å²) >= 11 is 7.00. The third-order valence-corrected chi connectivity index (χ3v) is 8.48. The van der Waals surface area contributed by atoms with Gasteiger partial charge in [-0.15, -0.1) is 11.3 Å². The Morgan fingerprint density at radius 1 is 1.15 bits per heavy atom. The first kappa shape index (κ1) is 24.8. The maximum atomic E-state index is 13.5. The van der Waals surface area contributed by atoms with E-state index < -0.39 is 39.4 Å². The quantitative estimate of drug-likeness (QED) is 0.388.